The molecule has 2 unspecified atom stereocenters. The van der Waals surface area contributed by atoms with E-state index in [1.165, 1.54) is 12.8 Å². The van der Waals surface area contributed by atoms with Crippen molar-refractivity contribution in [2.45, 2.75) is 37.5 Å². The zero-order chi connectivity index (χ0) is 14.2. The topological polar surface area (TPSA) is 53.6 Å². The number of ether oxygens (including phenoxy) is 1. The molecule has 0 radical (unpaired) electrons. The minimum atomic E-state index is -0.435. The molecular formula is C16H21N3O2. The SMILES string of the molecule is O=C(NC1CCN(C2CC2)C1)C1CNc2ccccc2O1. The lowest BCUT2D eigenvalue weighted by Crippen LogP contribution is -2.48. The van der Waals surface area contributed by atoms with Crippen LogP contribution in [-0.2, 0) is 4.79 Å². The molecule has 2 fully saturated rings. The van der Waals surface area contributed by atoms with Crippen LogP contribution in [0.2, 0.25) is 0 Å². The van der Waals surface area contributed by atoms with Crippen LogP contribution in [0.15, 0.2) is 24.3 Å². The van der Waals surface area contributed by atoms with Crippen molar-refractivity contribution in [3.8, 4) is 5.75 Å². The number of benzene rings is 1. The number of hydrogen-bond donors (Lipinski definition) is 2. The number of para-hydroxylation sites is 2. The van der Waals surface area contributed by atoms with Crippen LogP contribution in [0.1, 0.15) is 19.3 Å². The first-order chi connectivity index (χ1) is 10.3. The first-order valence-electron chi connectivity index (χ1n) is 7.83. The van der Waals surface area contributed by atoms with Crippen LogP contribution >= 0.6 is 0 Å². The van der Waals surface area contributed by atoms with E-state index in [1.54, 1.807) is 0 Å². The van der Waals surface area contributed by atoms with Crippen molar-refractivity contribution in [2.24, 2.45) is 0 Å². The Balaban J connectivity index is 1.34. The second-order valence-electron chi connectivity index (χ2n) is 6.20. The minimum Gasteiger partial charge on any atom is -0.477 e. The highest BCUT2D eigenvalue weighted by atomic mass is 16.5. The van der Waals surface area contributed by atoms with Crippen molar-refractivity contribution in [1.82, 2.24) is 10.2 Å². The van der Waals surface area contributed by atoms with Crippen molar-refractivity contribution in [3.05, 3.63) is 24.3 Å². The predicted octanol–water partition coefficient (Wildman–Crippen LogP) is 1.21. The molecule has 2 atom stereocenters. The van der Waals surface area contributed by atoms with Gasteiger partial charge in [0.15, 0.2) is 6.10 Å². The average molecular weight is 287 g/mol. The van der Waals surface area contributed by atoms with Gasteiger partial charge in [-0.3, -0.25) is 9.69 Å². The van der Waals surface area contributed by atoms with E-state index in [0.29, 0.717) is 6.54 Å². The van der Waals surface area contributed by atoms with Crippen LogP contribution in [0.3, 0.4) is 0 Å². The highest BCUT2D eigenvalue weighted by Crippen LogP contribution is 2.30. The first-order valence-corrected chi connectivity index (χ1v) is 7.83. The van der Waals surface area contributed by atoms with Gasteiger partial charge in [-0.15, -0.1) is 0 Å². The maximum Gasteiger partial charge on any atom is 0.263 e. The molecule has 0 spiro atoms. The fourth-order valence-corrected chi connectivity index (χ4v) is 3.23. The smallest absolute Gasteiger partial charge is 0.263 e. The Labute approximate surface area is 124 Å². The number of carbonyl (C=O) groups is 1. The summed E-state index contributed by atoms with van der Waals surface area (Å²) in [6, 6.07) is 8.80. The molecule has 1 aliphatic carbocycles. The van der Waals surface area contributed by atoms with Gasteiger partial charge in [-0.25, -0.2) is 0 Å². The number of amides is 1. The summed E-state index contributed by atoms with van der Waals surface area (Å²) >= 11 is 0. The number of anilines is 1. The zero-order valence-corrected chi connectivity index (χ0v) is 12.0. The van der Waals surface area contributed by atoms with Crippen molar-refractivity contribution in [3.63, 3.8) is 0 Å². The molecule has 2 heterocycles. The molecule has 112 valence electrons. The van der Waals surface area contributed by atoms with Crippen molar-refractivity contribution in [1.29, 1.82) is 0 Å². The van der Waals surface area contributed by atoms with Crippen molar-refractivity contribution in [2.75, 3.05) is 25.0 Å². The third kappa shape index (κ3) is 2.70. The van der Waals surface area contributed by atoms with E-state index in [9.17, 15) is 4.79 Å². The summed E-state index contributed by atoms with van der Waals surface area (Å²) in [7, 11) is 0. The zero-order valence-electron chi connectivity index (χ0n) is 12.0. The molecule has 3 aliphatic rings. The van der Waals surface area contributed by atoms with E-state index in [1.807, 2.05) is 24.3 Å². The van der Waals surface area contributed by atoms with Crippen LogP contribution < -0.4 is 15.4 Å². The monoisotopic (exact) mass is 287 g/mol. The van der Waals surface area contributed by atoms with E-state index in [4.69, 9.17) is 4.74 Å². The molecule has 2 N–H and O–H groups in total. The predicted molar refractivity (Wildman–Crippen MR) is 80.5 cm³/mol. The van der Waals surface area contributed by atoms with E-state index < -0.39 is 6.10 Å². The third-order valence-electron chi connectivity index (χ3n) is 4.56. The van der Waals surface area contributed by atoms with Crippen molar-refractivity contribution < 1.29 is 9.53 Å². The van der Waals surface area contributed by atoms with E-state index in [2.05, 4.69) is 15.5 Å². The Kier molecular flexibility index (Phi) is 3.22. The summed E-state index contributed by atoms with van der Waals surface area (Å²) in [6.07, 6.45) is 3.27. The summed E-state index contributed by atoms with van der Waals surface area (Å²) < 4.78 is 5.80. The highest BCUT2D eigenvalue weighted by molar-refractivity contribution is 5.83. The van der Waals surface area contributed by atoms with Gasteiger partial charge in [0.25, 0.3) is 5.91 Å². The highest BCUT2D eigenvalue weighted by Gasteiger charge is 2.36. The molecule has 1 aromatic rings. The first kappa shape index (κ1) is 13.0. The molecule has 1 saturated heterocycles. The molecule has 5 heteroatoms. The molecule has 1 saturated carbocycles. The number of fused-ring (bicyclic) bond motifs is 1. The quantitative estimate of drug-likeness (QED) is 0.877. The van der Waals surface area contributed by atoms with E-state index in [-0.39, 0.29) is 11.9 Å². The molecule has 0 bridgehead atoms. The fourth-order valence-electron chi connectivity index (χ4n) is 3.23. The van der Waals surface area contributed by atoms with E-state index >= 15 is 0 Å². The molecule has 1 amide bonds. The number of carbonyl (C=O) groups excluding carboxylic acids is 1. The van der Waals surface area contributed by atoms with Gasteiger partial charge in [-0.1, -0.05) is 12.1 Å². The Morgan fingerprint density at radius 1 is 1.29 bits per heavy atom. The molecule has 1 aromatic carbocycles. The summed E-state index contributed by atoms with van der Waals surface area (Å²) in [6.45, 7) is 2.64. The number of likely N-dealkylation sites (tertiary alicyclic amines) is 1. The van der Waals surface area contributed by atoms with Gasteiger partial charge < -0.3 is 15.4 Å². The molecule has 2 aliphatic heterocycles. The lowest BCUT2D eigenvalue weighted by molar-refractivity contribution is -0.128. The number of hydrogen-bond acceptors (Lipinski definition) is 4. The van der Waals surface area contributed by atoms with Gasteiger partial charge in [-0.05, 0) is 31.4 Å². The molecular weight excluding hydrogens is 266 g/mol. The standard InChI is InChI=1S/C16H21N3O2/c20-16(18-11-7-8-19(10-11)12-5-6-12)15-9-17-13-3-1-2-4-14(13)21-15/h1-4,11-12,15,17H,5-10H2,(H,18,20). The summed E-state index contributed by atoms with van der Waals surface area (Å²) in [5, 5.41) is 6.41. The summed E-state index contributed by atoms with van der Waals surface area (Å²) in [5.74, 6) is 0.759. The van der Waals surface area contributed by atoms with Gasteiger partial charge in [0.1, 0.15) is 5.75 Å². The Hall–Kier alpha value is -1.75. The molecule has 21 heavy (non-hydrogen) atoms. The summed E-state index contributed by atoms with van der Waals surface area (Å²) in [5.41, 5.74) is 0.960. The molecule has 4 rings (SSSR count). The van der Waals surface area contributed by atoms with Crippen LogP contribution in [-0.4, -0.2) is 48.6 Å². The van der Waals surface area contributed by atoms with Crippen LogP contribution in [0, 0.1) is 0 Å². The fraction of sp³-hybridized carbons (Fsp3) is 0.562. The van der Waals surface area contributed by atoms with Gasteiger partial charge in [0, 0.05) is 25.2 Å². The second-order valence-corrected chi connectivity index (χ2v) is 6.20. The van der Waals surface area contributed by atoms with Gasteiger partial charge in [0.2, 0.25) is 0 Å². The average Bonchev–Trinajstić information content (AvgIpc) is 3.27. The largest absolute Gasteiger partial charge is 0.477 e. The number of nitrogens with one attached hydrogen (secondary N) is 2. The molecule has 0 aromatic heterocycles. The van der Waals surface area contributed by atoms with Crippen LogP contribution in [0.4, 0.5) is 5.69 Å². The minimum absolute atomic E-state index is 0.000324. The normalized spacial score (nSPS) is 28.4. The van der Waals surface area contributed by atoms with Gasteiger partial charge in [-0.2, -0.15) is 0 Å². The van der Waals surface area contributed by atoms with Crippen LogP contribution in [0.25, 0.3) is 0 Å². The van der Waals surface area contributed by atoms with Crippen LogP contribution in [0.5, 0.6) is 5.75 Å². The second kappa shape index (κ2) is 5.22. The maximum absolute atomic E-state index is 12.4. The van der Waals surface area contributed by atoms with Crippen molar-refractivity contribution >= 4 is 11.6 Å². The Bertz CT molecular complexity index is 544. The Morgan fingerprint density at radius 3 is 3.00 bits per heavy atom. The Morgan fingerprint density at radius 2 is 2.14 bits per heavy atom. The van der Waals surface area contributed by atoms with Gasteiger partial charge in [0.05, 0.1) is 12.2 Å². The third-order valence-corrected chi connectivity index (χ3v) is 4.56. The molecule has 5 nitrogen and oxygen atoms in total. The maximum atomic E-state index is 12.4. The lowest BCUT2D eigenvalue weighted by atomic mass is 10.2. The lowest BCUT2D eigenvalue weighted by Gasteiger charge is -2.27. The van der Waals surface area contributed by atoms with E-state index in [0.717, 1.165) is 37.0 Å². The number of nitrogens with zero attached hydrogens (tertiary/aromatic N) is 1. The van der Waals surface area contributed by atoms with Gasteiger partial charge >= 0.3 is 0 Å². The summed E-state index contributed by atoms with van der Waals surface area (Å²) in [4.78, 5) is 14.9. The number of rotatable bonds is 3.